The number of H-pyrrole nitrogens is 1. The highest BCUT2D eigenvalue weighted by Gasteiger charge is 2.10. The van der Waals surface area contributed by atoms with Crippen LogP contribution in [0.15, 0.2) is 53.4 Å². The van der Waals surface area contributed by atoms with Gasteiger partial charge in [-0.1, -0.05) is 12.1 Å². The monoisotopic (exact) mass is 372 g/mol. The number of nitrogens with zero attached hydrogens (tertiary/aromatic N) is 1. The van der Waals surface area contributed by atoms with Gasteiger partial charge in [0, 0.05) is 4.90 Å². The second-order valence-electron chi connectivity index (χ2n) is 5.18. The Morgan fingerprint density at radius 1 is 1.15 bits per heavy atom. The van der Waals surface area contributed by atoms with E-state index in [9.17, 15) is 9.59 Å². The van der Waals surface area contributed by atoms with Crippen LogP contribution in [-0.4, -0.2) is 39.5 Å². The van der Waals surface area contributed by atoms with E-state index in [2.05, 4.69) is 15.3 Å². The van der Waals surface area contributed by atoms with Crippen LogP contribution < -0.4 is 15.5 Å². The van der Waals surface area contributed by atoms with Gasteiger partial charge in [-0.05, 0) is 48.2 Å². The summed E-state index contributed by atoms with van der Waals surface area (Å²) in [5.41, 5.74) is 3.09. The van der Waals surface area contributed by atoms with Crippen LogP contribution in [0.2, 0.25) is 0 Å². The fraction of sp³-hybridized carbons (Fsp3) is 0.118. The van der Waals surface area contributed by atoms with E-state index in [4.69, 9.17) is 9.94 Å². The van der Waals surface area contributed by atoms with Crippen LogP contribution in [-0.2, 0) is 0 Å². The summed E-state index contributed by atoms with van der Waals surface area (Å²) in [6, 6.07) is 14.2. The summed E-state index contributed by atoms with van der Waals surface area (Å²) >= 11 is 0.861. The molecule has 0 aliphatic rings. The summed E-state index contributed by atoms with van der Waals surface area (Å²) in [6.45, 7) is 0.606. The minimum atomic E-state index is -0.563. The van der Waals surface area contributed by atoms with E-state index < -0.39 is 5.24 Å². The highest BCUT2D eigenvalue weighted by molar-refractivity contribution is 8.13. The van der Waals surface area contributed by atoms with Crippen molar-refractivity contribution in [3.63, 3.8) is 0 Å². The second-order valence-corrected chi connectivity index (χ2v) is 6.23. The number of amides is 2. The molecule has 4 N–H and O–H groups in total. The molecule has 0 aliphatic heterocycles. The average Bonchev–Trinajstić information content (AvgIpc) is 3.10. The van der Waals surface area contributed by atoms with Crippen LogP contribution >= 0.6 is 11.8 Å². The number of ether oxygens (including phenoxy) is 1. The lowest BCUT2D eigenvalue weighted by atomic mass is 10.3. The quantitative estimate of drug-likeness (QED) is 0.229. The molecule has 0 saturated heterocycles. The standard InChI is InChI=1S/C17H16N4O4S/c22-16(15-19-13-3-1-2-4-14(13)20-15)18-9-10-25-11-5-7-12(8-6-11)26-17(23)21-24/h1-8,24H,9-10H2,(H,18,22)(H,19,20)(H,21,23). The molecule has 0 spiro atoms. The van der Waals surface area contributed by atoms with Gasteiger partial charge < -0.3 is 15.0 Å². The molecule has 0 atom stereocenters. The number of hydrogen-bond donors (Lipinski definition) is 4. The first-order valence-corrected chi connectivity index (χ1v) is 8.55. The number of carbonyl (C=O) groups excluding carboxylic acids is 2. The molecule has 0 saturated carbocycles. The highest BCUT2D eigenvalue weighted by atomic mass is 32.2. The molecule has 3 rings (SSSR count). The maximum atomic E-state index is 12.1. The lowest BCUT2D eigenvalue weighted by Gasteiger charge is -2.07. The molecule has 0 radical (unpaired) electrons. The largest absolute Gasteiger partial charge is 0.492 e. The maximum Gasteiger partial charge on any atom is 0.307 e. The lowest BCUT2D eigenvalue weighted by Crippen LogP contribution is -2.28. The van der Waals surface area contributed by atoms with Gasteiger partial charge in [0.1, 0.15) is 12.4 Å². The molecule has 1 aromatic heterocycles. The Morgan fingerprint density at radius 2 is 1.92 bits per heavy atom. The summed E-state index contributed by atoms with van der Waals surface area (Å²) in [5.74, 6) is 0.568. The first-order chi connectivity index (χ1) is 12.7. The van der Waals surface area contributed by atoms with Gasteiger partial charge in [0.2, 0.25) is 0 Å². The zero-order valence-electron chi connectivity index (χ0n) is 13.6. The van der Waals surface area contributed by atoms with Gasteiger partial charge in [-0.25, -0.2) is 10.5 Å². The van der Waals surface area contributed by atoms with Crippen molar-refractivity contribution in [2.75, 3.05) is 13.2 Å². The molecule has 134 valence electrons. The molecular weight excluding hydrogens is 356 g/mol. The van der Waals surface area contributed by atoms with Crippen molar-refractivity contribution in [2.45, 2.75) is 4.90 Å². The number of aromatic amines is 1. The number of carbonyl (C=O) groups is 2. The van der Waals surface area contributed by atoms with Crippen molar-refractivity contribution in [3.05, 3.63) is 54.4 Å². The minimum Gasteiger partial charge on any atom is -0.492 e. The van der Waals surface area contributed by atoms with Crippen LogP contribution in [0.5, 0.6) is 5.75 Å². The number of hydrogen-bond acceptors (Lipinski definition) is 6. The van der Waals surface area contributed by atoms with E-state index in [-0.39, 0.29) is 18.3 Å². The summed E-state index contributed by atoms with van der Waals surface area (Å²) < 4.78 is 5.53. The minimum absolute atomic E-state index is 0.259. The topological polar surface area (TPSA) is 116 Å². The number of para-hydroxylation sites is 2. The highest BCUT2D eigenvalue weighted by Crippen LogP contribution is 2.21. The molecule has 1 heterocycles. The van der Waals surface area contributed by atoms with Gasteiger partial charge in [-0.2, -0.15) is 0 Å². The summed E-state index contributed by atoms with van der Waals surface area (Å²) in [5, 5.41) is 10.6. The zero-order valence-corrected chi connectivity index (χ0v) is 14.4. The fourth-order valence-electron chi connectivity index (χ4n) is 2.21. The molecule has 2 aromatic carbocycles. The average molecular weight is 372 g/mol. The van der Waals surface area contributed by atoms with Crippen LogP contribution in [0.3, 0.4) is 0 Å². The number of aromatic nitrogens is 2. The van der Waals surface area contributed by atoms with Crippen molar-refractivity contribution < 1.29 is 19.5 Å². The predicted octanol–water partition coefficient (Wildman–Crippen LogP) is 2.56. The van der Waals surface area contributed by atoms with Gasteiger partial charge in [0.15, 0.2) is 5.82 Å². The van der Waals surface area contributed by atoms with Gasteiger partial charge in [-0.15, -0.1) is 0 Å². The number of nitrogens with one attached hydrogen (secondary N) is 3. The van der Waals surface area contributed by atoms with E-state index in [0.717, 1.165) is 22.8 Å². The molecule has 0 bridgehead atoms. The van der Waals surface area contributed by atoms with Crippen LogP contribution in [0.4, 0.5) is 4.79 Å². The van der Waals surface area contributed by atoms with Crippen molar-refractivity contribution in [1.29, 1.82) is 0 Å². The Morgan fingerprint density at radius 3 is 2.65 bits per heavy atom. The van der Waals surface area contributed by atoms with Crippen molar-refractivity contribution in [2.24, 2.45) is 0 Å². The van der Waals surface area contributed by atoms with Crippen LogP contribution in [0.25, 0.3) is 11.0 Å². The van der Waals surface area contributed by atoms with Gasteiger partial charge in [0.05, 0.1) is 17.6 Å². The molecule has 0 aliphatic carbocycles. The molecule has 3 aromatic rings. The van der Waals surface area contributed by atoms with Crippen molar-refractivity contribution >= 4 is 33.9 Å². The first kappa shape index (κ1) is 17.8. The molecular formula is C17H16N4O4S. The van der Waals surface area contributed by atoms with Crippen LogP contribution in [0, 0.1) is 0 Å². The van der Waals surface area contributed by atoms with Crippen molar-refractivity contribution in [3.8, 4) is 5.75 Å². The maximum absolute atomic E-state index is 12.1. The van der Waals surface area contributed by atoms with E-state index in [1.165, 1.54) is 0 Å². The number of thioether (sulfide) groups is 1. The third-order valence-corrected chi connectivity index (χ3v) is 4.17. The Labute approximate surface area is 152 Å². The molecule has 9 heteroatoms. The fourth-order valence-corrected chi connectivity index (χ4v) is 2.74. The number of imidazole rings is 1. The second kappa shape index (κ2) is 8.37. The zero-order chi connectivity index (χ0) is 18.4. The molecule has 26 heavy (non-hydrogen) atoms. The van der Waals surface area contributed by atoms with Crippen LogP contribution in [0.1, 0.15) is 10.6 Å². The number of rotatable bonds is 6. The van der Waals surface area contributed by atoms with E-state index in [1.54, 1.807) is 29.7 Å². The van der Waals surface area contributed by atoms with E-state index >= 15 is 0 Å². The normalized spacial score (nSPS) is 10.5. The lowest BCUT2D eigenvalue weighted by molar-refractivity contribution is 0.0938. The predicted molar refractivity (Wildman–Crippen MR) is 96.5 cm³/mol. The summed E-state index contributed by atoms with van der Waals surface area (Å²) in [6.07, 6.45) is 0. The first-order valence-electron chi connectivity index (χ1n) is 7.73. The number of benzene rings is 2. The van der Waals surface area contributed by atoms with Gasteiger partial charge in [0.25, 0.3) is 5.91 Å². The Bertz CT molecular complexity index is 878. The molecule has 0 unspecified atom stereocenters. The smallest absolute Gasteiger partial charge is 0.307 e. The van der Waals surface area contributed by atoms with Crippen molar-refractivity contribution in [1.82, 2.24) is 20.8 Å². The molecule has 8 nitrogen and oxygen atoms in total. The van der Waals surface area contributed by atoms with Gasteiger partial charge in [-0.3, -0.25) is 14.8 Å². The number of fused-ring (bicyclic) bond motifs is 1. The third kappa shape index (κ3) is 4.52. The summed E-state index contributed by atoms with van der Waals surface area (Å²) in [7, 11) is 0. The number of hydroxylamine groups is 1. The van der Waals surface area contributed by atoms with Gasteiger partial charge >= 0.3 is 5.24 Å². The molecule has 2 amide bonds. The SMILES string of the molecule is O=C(NO)Sc1ccc(OCCNC(=O)c2nc3ccccc3[nH]2)cc1. The Hall–Kier alpha value is -3.04. The Kier molecular flexibility index (Phi) is 5.72. The van der Waals surface area contributed by atoms with E-state index in [1.807, 2.05) is 24.3 Å². The van der Waals surface area contributed by atoms with E-state index in [0.29, 0.717) is 17.2 Å². The Balaban J connectivity index is 1.44. The summed E-state index contributed by atoms with van der Waals surface area (Å²) in [4.78, 5) is 31.0. The molecule has 0 fully saturated rings. The third-order valence-electron chi connectivity index (χ3n) is 3.39.